The van der Waals surface area contributed by atoms with Crippen molar-refractivity contribution in [2.75, 3.05) is 13.1 Å². The van der Waals surface area contributed by atoms with Gasteiger partial charge >= 0.3 is 0 Å². The van der Waals surface area contributed by atoms with Crippen LogP contribution in [0.2, 0.25) is 0 Å². The average molecular weight is 300 g/mol. The van der Waals surface area contributed by atoms with E-state index < -0.39 is 0 Å². The Balaban J connectivity index is 1.73. The molecule has 0 aliphatic carbocycles. The predicted octanol–water partition coefficient (Wildman–Crippen LogP) is 3.01. The third kappa shape index (κ3) is 3.01. The number of imidazole rings is 1. The highest BCUT2D eigenvalue weighted by Crippen LogP contribution is 2.27. The van der Waals surface area contributed by atoms with Gasteiger partial charge in [0.1, 0.15) is 5.82 Å². The number of nitro benzene ring substituents is 1. The number of benzene rings is 1. The maximum Gasteiger partial charge on any atom is 0.272 e. The van der Waals surface area contributed by atoms with Crippen molar-refractivity contribution in [3.63, 3.8) is 0 Å². The lowest BCUT2D eigenvalue weighted by molar-refractivity contribution is -0.385. The largest absolute Gasteiger partial charge is 0.348 e. The third-order valence-electron chi connectivity index (χ3n) is 4.42. The molecular weight excluding hydrogens is 280 g/mol. The molecule has 2 heterocycles. The molecule has 0 radical (unpaired) electrons. The van der Waals surface area contributed by atoms with E-state index in [1.54, 1.807) is 18.3 Å². The summed E-state index contributed by atoms with van der Waals surface area (Å²) in [5.74, 6) is 1.46. The van der Waals surface area contributed by atoms with Crippen molar-refractivity contribution in [2.45, 2.75) is 32.2 Å². The first-order chi connectivity index (χ1) is 10.6. The van der Waals surface area contributed by atoms with Gasteiger partial charge in [0.2, 0.25) is 0 Å². The molecule has 0 unspecified atom stereocenters. The number of nitro groups is 1. The van der Waals surface area contributed by atoms with Gasteiger partial charge in [-0.2, -0.15) is 0 Å². The van der Waals surface area contributed by atoms with Crippen LogP contribution in [0.4, 0.5) is 5.69 Å². The Bertz CT molecular complexity index is 654. The summed E-state index contributed by atoms with van der Waals surface area (Å²) < 4.78 is 0. The van der Waals surface area contributed by atoms with Crippen LogP contribution in [0, 0.1) is 17.0 Å². The fraction of sp³-hybridized carbons (Fsp3) is 0.438. The molecule has 1 aromatic heterocycles. The van der Waals surface area contributed by atoms with E-state index in [-0.39, 0.29) is 10.6 Å². The molecule has 3 rings (SSSR count). The van der Waals surface area contributed by atoms with Crippen LogP contribution in [0.3, 0.4) is 0 Å². The van der Waals surface area contributed by atoms with Gasteiger partial charge in [0, 0.05) is 43.0 Å². The Morgan fingerprint density at radius 3 is 3.09 bits per heavy atom. The zero-order valence-electron chi connectivity index (χ0n) is 12.7. The lowest BCUT2D eigenvalue weighted by atomic mass is 9.96. The molecule has 1 aliphatic heterocycles. The Morgan fingerprint density at radius 2 is 2.36 bits per heavy atom. The monoisotopic (exact) mass is 300 g/mol. The molecule has 0 amide bonds. The highest BCUT2D eigenvalue weighted by molar-refractivity contribution is 5.44. The van der Waals surface area contributed by atoms with E-state index in [2.05, 4.69) is 14.9 Å². The van der Waals surface area contributed by atoms with E-state index in [1.807, 2.05) is 19.2 Å². The number of rotatable bonds is 4. The summed E-state index contributed by atoms with van der Waals surface area (Å²) in [6.45, 7) is 4.56. The fourth-order valence-corrected chi connectivity index (χ4v) is 3.20. The number of piperidine rings is 1. The smallest absolute Gasteiger partial charge is 0.272 e. The maximum absolute atomic E-state index is 11.1. The van der Waals surface area contributed by atoms with Gasteiger partial charge in [-0.25, -0.2) is 4.98 Å². The SMILES string of the molecule is Cc1c(CN2CCC[C@H](c3ncc[nH]3)C2)cccc1[N+](=O)[O-]. The molecule has 1 N–H and O–H groups in total. The van der Waals surface area contributed by atoms with Gasteiger partial charge in [0.15, 0.2) is 0 Å². The number of H-pyrrole nitrogens is 1. The topological polar surface area (TPSA) is 75.1 Å². The zero-order chi connectivity index (χ0) is 15.5. The van der Waals surface area contributed by atoms with Gasteiger partial charge in [-0.3, -0.25) is 15.0 Å². The van der Waals surface area contributed by atoms with Crippen LogP contribution < -0.4 is 0 Å². The minimum absolute atomic E-state index is 0.206. The molecule has 0 saturated carbocycles. The predicted molar refractivity (Wildman–Crippen MR) is 83.7 cm³/mol. The molecular formula is C16H20N4O2. The summed E-state index contributed by atoms with van der Waals surface area (Å²) in [6.07, 6.45) is 5.91. The van der Waals surface area contributed by atoms with Crippen LogP contribution in [-0.2, 0) is 6.54 Å². The van der Waals surface area contributed by atoms with Crippen LogP contribution in [-0.4, -0.2) is 32.9 Å². The van der Waals surface area contributed by atoms with Crippen molar-refractivity contribution < 1.29 is 4.92 Å². The minimum Gasteiger partial charge on any atom is -0.348 e. The summed E-state index contributed by atoms with van der Waals surface area (Å²) in [4.78, 5) is 20.7. The molecule has 1 saturated heterocycles. The molecule has 1 aromatic carbocycles. The number of likely N-dealkylation sites (tertiary alicyclic amines) is 1. The van der Waals surface area contributed by atoms with Gasteiger partial charge < -0.3 is 4.98 Å². The summed E-state index contributed by atoms with van der Waals surface area (Å²) in [7, 11) is 0. The lowest BCUT2D eigenvalue weighted by Gasteiger charge is -2.32. The van der Waals surface area contributed by atoms with Gasteiger partial charge in [-0.1, -0.05) is 12.1 Å². The van der Waals surface area contributed by atoms with Crippen molar-refractivity contribution in [1.82, 2.24) is 14.9 Å². The molecule has 2 aromatic rings. The normalized spacial score (nSPS) is 19.2. The molecule has 6 nitrogen and oxygen atoms in total. The molecule has 0 bridgehead atoms. The Kier molecular flexibility index (Phi) is 4.20. The second kappa shape index (κ2) is 6.27. The third-order valence-corrected chi connectivity index (χ3v) is 4.42. The second-order valence-electron chi connectivity index (χ2n) is 5.87. The van der Waals surface area contributed by atoms with Crippen LogP contribution in [0.15, 0.2) is 30.6 Å². The van der Waals surface area contributed by atoms with Gasteiger partial charge in [-0.15, -0.1) is 0 Å². The maximum atomic E-state index is 11.1. The van der Waals surface area contributed by atoms with Crippen molar-refractivity contribution >= 4 is 5.69 Å². The van der Waals surface area contributed by atoms with Crippen LogP contribution in [0.5, 0.6) is 0 Å². The Hall–Kier alpha value is -2.21. The molecule has 1 aliphatic rings. The first-order valence-electron chi connectivity index (χ1n) is 7.59. The van der Waals surface area contributed by atoms with Crippen molar-refractivity contribution in [3.05, 3.63) is 57.7 Å². The summed E-state index contributed by atoms with van der Waals surface area (Å²) >= 11 is 0. The highest BCUT2D eigenvalue weighted by Gasteiger charge is 2.24. The van der Waals surface area contributed by atoms with E-state index in [0.717, 1.165) is 49.4 Å². The molecule has 1 fully saturated rings. The number of aromatic nitrogens is 2. The van der Waals surface area contributed by atoms with Crippen LogP contribution in [0.25, 0.3) is 0 Å². The molecule has 22 heavy (non-hydrogen) atoms. The van der Waals surface area contributed by atoms with E-state index >= 15 is 0 Å². The zero-order valence-corrected chi connectivity index (χ0v) is 12.7. The second-order valence-corrected chi connectivity index (χ2v) is 5.87. The van der Waals surface area contributed by atoms with Crippen molar-refractivity contribution in [1.29, 1.82) is 0 Å². The van der Waals surface area contributed by atoms with Gasteiger partial charge in [-0.05, 0) is 31.9 Å². The summed E-state index contributed by atoms with van der Waals surface area (Å²) in [5.41, 5.74) is 2.01. The number of hydrogen-bond donors (Lipinski definition) is 1. The fourth-order valence-electron chi connectivity index (χ4n) is 3.20. The number of hydrogen-bond acceptors (Lipinski definition) is 4. The standard InChI is InChI=1S/C16H20N4O2/c1-12-13(4-2-6-15(12)20(21)22)10-19-9-3-5-14(11-19)16-17-7-8-18-16/h2,4,6-8,14H,3,5,9-11H2,1H3,(H,17,18)/t14-/m0/s1. The van der Waals surface area contributed by atoms with E-state index in [1.165, 1.54) is 0 Å². The van der Waals surface area contributed by atoms with E-state index in [0.29, 0.717) is 5.92 Å². The van der Waals surface area contributed by atoms with Crippen LogP contribution >= 0.6 is 0 Å². The molecule has 116 valence electrons. The Morgan fingerprint density at radius 1 is 1.50 bits per heavy atom. The van der Waals surface area contributed by atoms with E-state index in [4.69, 9.17) is 0 Å². The van der Waals surface area contributed by atoms with Gasteiger partial charge in [0.25, 0.3) is 5.69 Å². The lowest BCUT2D eigenvalue weighted by Crippen LogP contribution is -2.34. The average Bonchev–Trinajstić information content (AvgIpc) is 3.04. The molecule has 0 spiro atoms. The summed E-state index contributed by atoms with van der Waals surface area (Å²) in [6, 6.07) is 5.33. The van der Waals surface area contributed by atoms with Gasteiger partial charge in [0.05, 0.1) is 4.92 Å². The van der Waals surface area contributed by atoms with E-state index in [9.17, 15) is 10.1 Å². The Labute approximate surface area is 129 Å². The summed E-state index contributed by atoms with van der Waals surface area (Å²) in [5, 5.41) is 11.1. The van der Waals surface area contributed by atoms with Crippen LogP contribution in [0.1, 0.15) is 35.7 Å². The molecule has 6 heteroatoms. The van der Waals surface area contributed by atoms with Crippen molar-refractivity contribution in [2.24, 2.45) is 0 Å². The first-order valence-corrected chi connectivity index (χ1v) is 7.59. The molecule has 1 atom stereocenters. The number of nitrogens with zero attached hydrogens (tertiary/aromatic N) is 3. The highest BCUT2D eigenvalue weighted by atomic mass is 16.6. The quantitative estimate of drug-likeness (QED) is 0.695. The number of aromatic amines is 1. The first kappa shape index (κ1) is 14.7. The van der Waals surface area contributed by atoms with Crippen molar-refractivity contribution in [3.8, 4) is 0 Å². The number of nitrogens with one attached hydrogen (secondary N) is 1. The minimum atomic E-state index is -0.305.